The van der Waals surface area contributed by atoms with E-state index in [0.29, 0.717) is 24.2 Å². The van der Waals surface area contributed by atoms with Gasteiger partial charge in [0.2, 0.25) is 0 Å². The number of carbonyl (C=O) groups is 1. The third-order valence-electron chi connectivity index (χ3n) is 5.62. The van der Waals surface area contributed by atoms with E-state index in [0.717, 1.165) is 23.8 Å². The Bertz CT molecular complexity index is 1160. The average Bonchev–Trinajstić information content (AvgIpc) is 3.28. The first-order valence-corrected chi connectivity index (χ1v) is 10.6. The number of rotatable bonds is 5. The van der Waals surface area contributed by atoms with Crippen LogP contribution < -0.4 is 10.9 Å². The van der Waals surface area contributed by atoms with Gasteiger partial charge in [-0.1, -0.05) is 29.8 Å². The molecule has 2 amide bonds. The van der Waals surface area contributed by atoms with Gasteiger partial charge >= 0.3 is 6.03 Å². The number of hydrogen-bond acceptors (Lipinski definition) is 3. The van der Waals surface area contributed by atoms with Crippen LogP contribution in [-0.2, 0) is 4.74 Å². The SMILES string of the molecule is C[C@H](c1c[nH]c(=O)c2ccccc12)N(C[C@@H]1CCCO1)C(=O)Nc1ccc(F)c(Cl)c1. The van der Waals surface area contributed by atoms with Gasteiger partial charge in [0.25, 0.3) is 5.56 Å². The van der Waals surface area contributed by atoms with Gasteiger partial charge < -0.3 is 19.9 Å². The maximum absolute atomic E-state index is 13.5. The smallest absolute Gasteiger partial charge is 0.322 e. The Hall–Kier alpha value is -2.90. The lowest BCUT2D eigenvalue weighted by atomic mass is 10.0. The molecule has 2 heterocycles. The lowest BCUT2D eigenvalue weighted by Crippen LogP contribution is -2.42. The van der Waals surface area contributed by atoms with Gasteiger partial charge in [-0.2, -0.15) is 0 Å². The van der Waals surface area contributed by atoms with Crippen LogP contribution in [0.25, 0.3) is 10.8 Å². The number of halogens is 2. The molecule has 1 fully saturated rings. The average molecular weight is 444 g/mol. The third-order valence-corrected chi connectivity index (χ3v) is 5.90. The molecule has 4 rings (SSSR count). The molecule has 2 atom stereocenters. The van der Waals surface area contributed by atoms with Crippen LogP contribution in [0, 0.1) is 5.82 Å². The number of hydrogen-bond donors (Lipinski definition) is 2. The highest BCUT2D eigenvalue weighted by Crippen LogP contribution is 2.29. The Morgan fingerprint density at radius 1 is 1.32 bits per heavy atom. The van der Waals surface area contributed by atoms with Crippen molar-refractivity contribution in [3.8, 4) is 0 Å². The molecule has 31 heavy (non-hydrogen) atoms. The minimum atomic E-state index is -0.552. The Morgan fingerprint density at radius 3 is 2.81 bits per heavy atom. The van der Waals surface area contributed by atoms with Crippen molar-refractivity contribution in [2.24, 2.45) is 0 Å². The quantitative estimate of drug-likeness (QED) is 0.576. The Labute approximate surface area is 184 Å². The Balaban J connectivity index is 1.67. The third kappa shape index (κ3) is 4.57. The molecule has 2 aromatic carbocycles. The standard InChI is InChI=1S/C23H23ClFN3O3/c1-14(19-12-26-22(29)18-7-3-2-6-17(18)19)28(13-16-5-4-10-31-16)23(30)27-15-8-9-21(25)20(24)11-15/h2-3,6-9,11-12,14,16H,4-5,10,13H2,1H3,(H,26,29)(H,27,30)/t14-,16+/m1/s1. The van der Waals surface area contributed by atoms with E-state index in [1.54, 1.807) is 23.2 Å². The van der Waals surface area contributed by atoms with Crippen LogP contribution in [-0.4, -0.2) is 35.2 Å². The predicted molar refractivity (Wildman–Crippen MR) is 119 cm³/mol. The maximum atomic E-state index is 13.5. The molecule has 1 aliphatic rings. The van der Waals surface area contributed by atoms with Gasteiger partial charge in [-0.3, -0.25) is 4.79 Å². The van der Waals surface area contributed by atoms with Gasteiger partial charge in [0.1, 0.15) is 5.82 Å². The first-order chi connectivity index (χ1) is 14.9. The molecule has 3 aromatic rings. The van der Waals surface area contributed by atoms with Crippen molar-refractivity contribution in [2.45, 2.75) is 31.9 Å². The Morgan fingerprint density at radius 2 is 2.10 bits per heavy atom. The summed E-state index contributed by atoms with van der Waals surface area (Å²) in [4.78, 5) is 29.9. The fourth-order valence-corrected chi connectivity index (χ4v) is 4.12. The summed E-state index contributed by atoms with van der Waals surface area (Å²) in [7, 11) is 0. The maximum Gasteiger partial charge on any atom is 0.322 e. The summed E-state index contributed by atoms with van der Waals surface area (Å²) in [5, 5.41) is 4.09. The van der Waals surface area contributed by atoms with E-state index < -0.39 is 5.82 Å². The molecule has 0 spiro atoms. The number of nitrogens with one attached hydrogen (secondary N) is 2. The highest BCUT2D eigenvalue weighted by molar-refractivity contribution is 6.31. The van der Waals surface area contributed by atoms with E-state index in [9.17, 15) is 14.0 Å². The monoisotopic (exact) mass is 443 g/mol. The zero-order chi connectivity index (χ0) is 22.0. The first-order valence-electron chi connectivity index (χ1n) is 10.2. The van der Waals surface area contributed by atoms with Gasteiger partial charge in [0, 0.05) is 30.4 Å². The van der Waals surface area contributed by atoms with E-state index in [1.165, 1.54) is 18.2 Å². The van der Waals surface area contributed by atoms with Gasteiger partial charge in [-0.05, 0) is 55.0 Å². The topological polar surface area (TPSA) is 74.4 Å². The molecule has 2 N–H and O–H groups in total. The normalized spacial score (nSPS) is 16.9. The van der Waals surface area contributed by atoms with Crippen LogP contribution in [0.3, 0.4) is 0 Å². The van der Waals surface area contributed by atoms with Gasteiger partial charge in [0.05, 0.1) is 17.2 Å². The molecule has 6 nitrogen and oxygen atoms in total. The summed E-state index contributed by atoms with van der Waals surface area (Å²) in [6.45, 7) is 2.96. The van der Waals surface area contributed by atoms with Gasteiger partial charge in [0.15, 0.2) is 0 Å². The molecular weight excluding hydrogens is 421 g/mol. The number of benzene rings is 2. The van der Waals surface area contributed by atoms with Gasteiger partial charge in [-0.15, -0.1) is 0 Å². The molecule has 0 bridgehead atoms. The highest BCUT2D eigenvalue weighted by Gasteiger charge is 2.28. The molecule has 0 aliphatic carbocycles. The minimum absolute atomic E-state index is 0.0665. The first kappa shape index (κ1) is 21.3. The zero-order valence-corrected chi connectivity index (χ0v) is 17.8. The summed E-state index contributed by atoms with van der Waals surface area (Å²) in [5.41, 5.74) is 1.04. The number of aromatic amines is 1. The summed E-state index contributed by atoms with van der Waals surface area (Å²) in [6, 6.07) is 10.6. The molecule has 1 aromatic heterocycles. The molecule has 162 valence electrons. The number of nitrogens with zero attached hydrogens (tertiary/aromatic N) is 1. The summed E-state index contributed by atoms with van der Waals surface area (Å²) in [6.07, 6.45) is 3.40. The molecule has 0 unspecified atom stereocenters. The number of aromatic nitrogens is 1. The van der Waals surface area contributed by atoms with Crippen LogP contribution in [0.2, 0.25) is 5.02 Å². The van der Waals surface area contributed by atoms with Crippen molar-refractivity contribution in [1.29, 1.82) is 0 Å². The van der Waals surface area contributed by atoms with Crippen LogP contribution >= 0.6 is 11.6 Å². The fourth-order valence-electron chi connectivity index (χ4n) is 3.94. The van der Waals surface area contributed by atoms with Crippen LogP contribution in [0.1, 0.15) is 31.4 Å². The lowest BCUT2D eigenvalue weighted by molar-refractivity contribution is 0.0743. The predicted octanol–water partition coefficient (Wildman–Crippen LogP) is 5.09. The van der Waals surface area contributed by atoms with E-state index in [2.05, 4.69) is 10.3 Å². The minimum Gasteiger partial charge on any atom is -0.376 e. The summed E-state index contributed by atoms with van der Waals surface area (Å²) in [5.74, 6) is -0.552. The largest absolute Gasteiger partial charge is 0.376 e. The Kier molecular flexibility index (Phi) is 6.25. The van der Waals surface area contributed by atoms with Crippen LogP contribution in [0.15, 0.2) is 53.5 Å². The van der Waals surface area contributed by atoms with Crippen molar-refractivity contribution in [1.82, 2.24) is 9.88 Å². The van der Waals surface area contributed by atoms with E-state index in [-0.39, 0.29) is 28.8 Å². The second kappa shape index (κ2) is 9.08. The van der Waals surface area contributed by atoms with Crippen molar-refractivity contribution in [3.63, 3.8) is 0 Å². The molecule has 1 aliphatic heterocycles. The van der Waals surface area contributed by atoms with E-state index in [4.69, 9.17) is 16.3 Å². The van der Waals surface area contributed by atoms with Crippen molar-refractivity contribution in [2.75, 3.05) is 18.5 Å². The molecule has 0 saturated carbocycles. The number of ether oxygens (including phenoxy) is 1. The molecule has 1 saturated heterocycles. The van der Waals surface area contributed by atoms with Gasteiger partial charge in [-0.25, -0.2) is 9.18 Å². The van der Waals surface area contributed by atoms with Crippen molar-refractivity contribution in [3.05, 3.63) is 75.4 Å². The summed E-state index contributed by atoms with van der Waals surface area (Å²) >= 11 is 5.86. The highest BCUT2D eigenvalue weighted by atomic mass is 35.5. The number of amides is 2. The second-order valence-electron chi connectivity index (χ2n) is 7.64. The summed E-state index contributed by atoms with van der Waals surface area (Å²) < 4.78 is 19.3. The molecule has 0 radical (unpaired) electrons. The van der Waals surface area contributed by atoms with E-state index >= 15 is 0 Å². The second-order valence-corrected chi connectivity index (χ2v) is 8.05. The molecule has 8 heteroatoms. The number of anilines is 1. The van der Waals surface area contributed by atoms with Crippen molar-refractivity contribution < 1.29 is 13.9 Å². The number of urea groups is 1. The number of H-pyrrole nitrogens is 1. The zero-order valence-electron chi connectivity index (χ0n) is 17.0. The number of fused-ring (bicyclic) bond motifs is 1. The van der Waals surface area contributed by atoms with E-state index in [1.807, 2.05) is 19.1 Å². The van der Waals surface area contributed by atoms with Crippen molar-refractivity contribution >= 4 is 34.1 Å². The van der Waals surface area contributed by atoms with Crippen LogP contribution in [0.5, 0.6) is 0 Å². The number of pyridine rings is 1. The lowest BCUT2D eigenvalue weighted by Gasteiger charge is -2.32. The molecular formula is C23H23ClFN3O3. The fraction of sp³-hybridized carbons (Fsp3) is 0.304. The van der Waals surface area contributed by atoms with Crippen LogP contribution in [0.4, 0.5) is 14.9 Å². The number of carbonyl (C=O) groups excluding carboxylic acids is 1.